The van der Waals surface area contributed by atoms with E-state index >= 15 is 0 Å². The van der Waals surface area contributed by atoms with Crippen molar-refractivity contribution in [3.05, 3.63) is 29.6 Å². The molecular formula is C12H18N2O4S. The molecule has 0 unspecified atom stereocenters. The van der Waals surface area contributed by atoms with Crippen molar-refractivity contribution in [2.45, 2.75) is 26.8 Å². The lowest BCUT2D eigenvalue weighted by molar-refractivity contribution is 0.0696. The first-order valence-electron chi connectivity index (χ1n) is 5.96. The van der Waals surface area contributed by atoms with Crippen LogP contribution in [-0.4, -0.2) is 30.2 Å². The van der Waals surface area contributed by atoms with E-state index in [0.29, 0.717) is 18.0 Å². The number of carbonyl (C=O) groups is 1. The minimum absolute atomic E-state index is 0.00154. The van der Waals surface area contributed by atoms with Crippen LogP contribution >= 0.6 is 0 Å². The highest BCUT2D eigenvalue weighted by atomic mass is 32.2. The number of rotatable bonds is 7. The summed E-state index contributed by atoms with van der Waals surface area (Å²) in [5.41, 5.74) is 0.472. The number of hydrogen-bond acceptors (Lipinski definition) is 4. The van der Waals surface area contributed by atoms with Crippen LogP contribution in [-0.2, 0) is 16.6 Å². The number of aromatic carboxylic acids is 1. The first-order chi connectivity index (χ1) is 8.80. The minimum Gasteiger partial charge on any atom is -0.478 e. The van der Waals surface area contributed by atoms with Crippen molar-refractivity contribution in [1.82, 2.24) is 9.71 Å². The van der Waals surface area contributed by atoms with Crippen molar-refractivity contribution in [3.63, 3.8) is 0 Å². The summed E-state index contributed by atoms with van der Waals surface area (Å²) >= 11 is 0. The molecule has 0 spiro atoms. The molecule has 106 valence electrons. The summed E-state index contributed by atoms with van der Waals surface area (Å²) in [5, 5.41) is 8.82. The fourth-order valence-electron chi connectivity index (χ4n) is 1.35. The van der Waals surface area contributed by atoms with Crippen molar-refractivity contribution in [3.8, 4) is 0 Å². The van der Waals surface area contributed by atoms with Gasteiger partial charge in [0.25, 0.3) is 0 Å². The molecule has 2 N–H and O–H groups in total. The smallest absolute Gasteiger partial charge is 0.335 e. The molecule has 1 aromatic heterocycles. The van der Waals surface area contributed by atoms with E-state index in [4.69, 9.17) is 5.11 Å². The van der Waals surface area contributed by atoms with Crippen LogP contribution in [0.2, 0.25) is 0 Å². The molecule has 0 saturated heterocycles. The Labute approximate surface area is 112 Å². The summed E-state index contributed by atoms with van der Waals surface area (Å²) in [6.07, 6.45) is 1.93. The number of sulfonamides is 1. The number of carboxylic acid groups (broad SMARTS) is 1. The maximum Gasteiger partial charge on any atom is 0.335 e. The molecule has 0 aliphatic heterocycles. The normalized spacial score (nSPS) is 11.7. The van der Waals surface area contributed by atoms with Crippen molar-refractivity contribution in [2.75, 3.05) is 5.75 Å². The van der Waals surface area contributed by atoms with E-state index in [1.165, 1.54) is 18.3 Å². The first kappa shape index (κ1) is 15.6. The molecule has 0 aliphatic carbocycles. The zero-order valence-corrected chi connectivity index (χ0v) is 11.8. The number of aromatic nitrogens is 1. The molecule has 1 heterocycles. The molecule has 0 aliphatic rings. The van der Waals surface area contributed by atoms with E-state index in [0.717, 1.165) is 0 Å². The number of nitrogens with zero attached hydrogens (tertiary/aromatic N) is 1. The molecule has 1 aromatic rings. The summed E-state index contributed by atoms with van der Waals surface area (Å²) in [5.74, 6) is -0.695. The Kier molecular flexibility index (Phi) is 5.44. The number of nitrogens with one attached hydrogen (secondary N) is 1. The van der Waals surface area contributed by atoms with Crippen molar-refractivity contribution < 1.29 is 18.3 Å². The third-order valence-corrected chi connectivity index (χ3v) is 3.86. The molecule has 0 radical (unpaired) electrons. The Hall–Kier alpha value is -1.47. The van der Waals surface area contributed by atoms with E-state index in [9.17, 15) is 13.2 Å². The zero-order valence-electron chi connectivity index (χ0n) is 11.0. The van der Waals surface area contributed by atoms with Gasteiger partial charge in [0.15, 0.2) is 0 Å². The first-order valence-corrected chi connectivity index (χ1v) is 7.61. The lowest BCUT2D eigenvalue weighted by atomic mass is 10.2. The molecule has 0 bridgehead atoms. The second kappa shape index (κ2) is 6.63. The van der Waals surface area contributed by atoms with Crippen LogP contribution < -0.4 is 4.72 Å². The van der Waals surface area contributed by atoms with Gasteiger partial charge in [-0.1, -0.05) is 13.8 Å². The maximum atomic E-state index is 11.7. The van der Waals surface area contributed by atoms with Crippen LogP contribution in [0.15, 0.2) is 18.3 Å². The highest BCUT2D eigenvalue weighted by Gasteiger charge is 2.12. The molecule has 7 heteroatoms. The van der Waals surface area contributed by atoms with Gasteiger partial charge in [-0.15, -0.1) is 0 Å². The van der Waals surface area contributed by atoms with E-state index in [1.807, 2.05) is 13.8 Å². The molecule has 1 rings (SSSR count). The predicted molar refractivity (Wildman–Crippen MR) is 71.3 cm³/mol. The molecule has 0 amide bonds. The van der Waals surface area contributed by atoms with Gasteiger partial charge in [-0.3, -0.25) is 4.98 Å². The molecule has 19 heavy (non-hydrogen) atoms. The van der Waals surface area contributed by atoms with Gasteiger partial charge in [0.05, 0.1) is 23.6 Å². The van der Waals surface area contributed by atoms with Crippen LogP contribution in [0, 0.1) is 5.92 Å². The lowest BCUT2D eigenvalue weighted by Crippen LogP contribution is -2.27. The van der Waals surface area contributed by atoms with Crippen LogP contribution in [0.3, 0.4) is 0 Å². The molecule has 0 saturated carbocycles. The van der Waals surface area contributed by atoms with E-state index < -0.39 is 16.0 Å². The van der Waals surface area contributed by atoms with Crippen molar-refractivity contribution in [1.29, 1.82) is 0 Å². The average molecular weight is 286 g/mol. The summed E-state index contributed by atoms with van der Waals surface area (Å²) in [7, 11) is -3.35. The number of carboxylic acids is 1. The highest BCUT2D eigenvalue weighted by molar-refractivity contribution is 7.89. The largest absolute Gasteiger partial charge is 0.478 e. The Morgan fingerprint density at radius 3 is 2.74 bits per heavy atom. The third-order valence-electron chi connectivity index (χ3n) is 2.50. The molecular weight excluding hydrogens is 268 g/mol. The summed E-state index contributed by atoms with van der Waals surface area (Å²) in [6, 6.07) is 2.71. The minimum atomic E-state index is -3.35. The van der Waals surface area contributed by atoms with Gasteiger partial charge in [-0.05, 0) is 24.5 Å². The molecule has 0 fully saturated rings. The molecule has 0 atom stereocenters. The van der Waals surface area contributed by atoms with Crippen LogP contribution in [0.4, 0.5) is 0 Å². The molecule has 0 aromatic carbocycles. The monoisotopic (exact) mass is 286 g/mol. The lowest BCUT2D eigenvalue weighted by Gasteiger charge is -2.08. The van der Waals surface area contributed by atoms with E-state index in [1.54, 1.807) is 0 Å². The Morgan fingerprint density at radius 2 is 2.16 bits per heavy atom. The van der Waals surface area contributed by atoms with Gasteiger partial charge in [0.2, 0.25) is 10.0 Å². The summed E-state index contributed by atoms with van der Waals surface area (Å²) in [6.45, 7) is 3.91. The van der Waals surface area contributed by atoms with Crippen LogP contribution in [0.25, 0.3) is 0 Å². The van der Waals surface area contributed by atoms with Crippen molar-refractivity contribution >= 4 is 16.0 Å². The quantitative estimate of drug-likeness (QED) is 0.786. The SMILES string of the molecule is CC(C)CCS(=O)(=O)NCc1cc(C(=O)O)ccn1. The number of pyridine rings is 1. The van der Waals surface area contributed by atoms with E-state index in [2.05, 4.69) is 9.71 Å². The van der Waals surface area contributed by atoms with Gasteiger partial charge >= 0.3 is 5.97 Å². The van der Waals surface area contributed by atoms with Gasteiger partial charge in [0, 0.05) is 6.20 Å². The third kappa shape index (κ3) is 5.80. The van der Waals surface area contributed by atoms with Gasteiger partial charge in [0.1, 0.15) is 0 Å². The Bertz CT molecular complexity index is 540. The summed E-state index contributed by atoms with van der Waals surface area (Å²) in [4.78, 5) is 14.7. The zero-order chi connectivity index (χ0) is 14.5. The number of hydrogen-bond donors (Lipinski definition) is 2. The van der Waals surface area contributed by atoms with Gasteiger partial charge in [-0.25, -0.2) is 17.9 Å². The standard InChI is InChI=1S/C12H18N2O4S/c1-9(2)4-6-19(17,18)14-8-11-7-10(12(15)16)3-5-13-11/h3,5,7,9,14H,4,6,8H2,1-2H3,(H,15,16). The highest BCUT2D eigenvalue weighted by Crippen LogP contribution is 2.04. The topological polar surface area (TPSA) is 96.4 Å². The Morgan fingerprint density at radius 1 is 1.47 bits per heavy atom. The van der Waals surface area contributed by atoms with Crippen molar-refractivity contribution in [2.24, 2.45) is 5.92 Å². The predicted octanol–water partition coefficient (Wildman–Crippen LogP) is 1.25. The van der Waals surface area contributed by atoms with Gasteiger partial charge in [-0.2, -0.15) is 0 Å². The van der Waals surface area contributed by atoms with E-state index in [-0.39, 0.29) is 17.9 Å². The van der Waals surface area contributed by atoms with Crippen LogP contribution in [0.5, 0.6) is 0 Å². The fraction of sp³-hybridized carbons (Fsp3) is 0.500. The van der Waals surface area contributed by atoms with Gasteiger partial charge < -0.3 is 5.11 Å². The second-order valence-electron chi connectivity index (χ2n) is 4.66. The maximum absolute atomic E-state index is 11.7. The fourth-order valence-corrected chi connectivity index (χ4v) is 2.65. The summed E-state index contributed by atoms with van der Waals surface area (Å²) < 4.78 is 25.8. The molecule has 6 nitrogen and oxygen atoms in total. The second-order valence-corrected chi connectivity index (χ2v) is 6.59. The Balaban J connectivity index is 2.61. The van der Waals surface area contributed by atoms with Crippen LogP contribution in [0.1, 0.15) is 36.3 Å². The average Bonchev–Trinajstić information content (AvgIpc) is 2.35.